The maximum Gasteiger partial charge on any atom is 0.185 e. The lowest BCUT2D eigenvalue weighted by molar-refractivity contribution is 0.104. The third kappa shape index (κ3) is 4.48. The molecular weight excluding hydrogens is 286 g/mol. The Bertz CT molecular complexity index is 682. The fraction of sp³-hybridized carbons (Fsp3) is 0.0588. The molecular formula is C17H12ClNO2. The number of hydrogen-bond donors (Lipinski definition) is 0. The third-order valence-electron chi connectivity index (χ3n) is 2.74. The van der Waals surface area contributed by atoms with Gasteiger partial charge in [0.25, 0.3) is 0 Å². The van der Waals surface area contributed by atoms with Crippen molar-refractivity contribution >= 4 is 23.5 Å². The van der Waals surface area contributed by atoms with Gasteiger partial charge in [-0.15, -0.1) is 0 Å². The molecule has 2 aromatic carbocycles. The normalized spacial score (nSPS) is 10.3. The topological polar surface area (TPSA) is 50.1 Å². The summed E-state index contributed by atoms with van der Waals surface area (Å²) in [7, 11) is 0. The van der Waals surface area contributed by atoms with Gasteiger partial charge in [0.2, 0.25) is 0 Å². The second-order valence-corrected chi connectivity index (χ2v) is 4.66. The average Bonchev–Trinajstić information content (AvgIpc) is 2.52. The predicted molar refractivity (Wildman–Crippen MR) is 82.4 cm³/mol. The fourth-order valence-electron chi connectivity index (χ4n) is 1.67. The zero-order chi connectivity index (χ0) is 15.1. The van der Waals surface area contributed by atoms with Crippen LogP contribution in [-0.2, 0) is 0 Å². The lowest BCUT2D eigenvalue weighted by Crippen LogP contribution is -1.96. The second-order valence-electron chi connectivity index (χ2n) is 4.22. The average molecular weight is 298 g/mol. The molecule has 0 saturated heterocycles. The van der Waals surface area contributed by atoms with Crippen molar-refractivity contribution in [3.05, 3.63) is 70.8 Å². The van der Waals surface area contributed by atoms with E-state index in [0.717, 1.165) is 5.56 Å². The number of halogens is 1. The number of allylic oxidation sites excluding steroid dienone is 1. The molecule has 0 heterocycles. The molecule has 0 aliphatic carbocycles. The Kier molecular flexibility index (Phi) is 5.14. The first-order valence-corrected chi connectivity index (χ1v) is 6.64. The van der Waals surface area contributed by atoms with Crippen LogP contribution >= 0.6 is 11.6 Å². The summed E-state index contributed by atoms with van der Waals surface area (Å²) in [6.07, 6.45) is 3.24. The lowest BCUT2D eigenvalue weighted by Gasteiger charge is -2.01. The number of carbonyl (C=O) groups excluding carboxylic acids is 1. The van der Waals surface area contributed by atoms with E-state index in [1.54, 1.807) is 42.5 Å². The number of carbonyl (C=O) groups is 1. The first kappa shape index (κ1) is 14.8. The zero-order valence-corrected chi connectivity index (χ0v) is 11.9. The number of hydrogen-bond acceptors (Lipinski definition) is 3. The van der Waals surface area contributed by atoms with Gasteiger partial charge < -0.3 is 4.74 Å². The Labute approximate surface area is 128 Å². The quantitative estimate of drug-likeness (QED) is 0.615. The highest BCUT2D eigenvalue weighted by atomic mass is 35.5. The molecule has 2 rings (SSSR count). The minimum absolute atomic E-state index is 0.0102. The standard InChI is InChI=1S/C17H12ClNO2/c18-15-6-1-13(2-7-15)3-10-17(20)14-4-8-16(9-5-14)21-12-11-19/h1-10H,12H2/b10-3-. The molecule has 4 heteroatoms. The van der Waals surface area contributed by atoms with Crippen molar-refractivity contribution in [3.8, 4) is 11.8 Å². The number of rotatable bonds is 5. The molecule has 3 nitrogen and oxygen atoms in total. The van der Waals surface area contributed by atoms with E-state index < -0.39 is 0 Å². The van der Waals surface area contributed by atoms with Crippen LogP contribution in [0.4, 0.5) is 0 Å². The molecule has 0 spiro atoms. The molecule has 2 aromatic rings. The summed E-state index contributed by atoms with van der Waals surface area (Å²) in [4.78, 5) is 12.0. The van der Waals surface area contributed by atoms with Gasteiger partial charge >= 0.3 is 0 Å². The number of nitriles is 1. The molecule has 0 radical (unpaired) electrons. The van der Waals surface area contributed by atoms with Gasteiger partial charge in [0.15, 0.2) is 12.4 Å². The summed E-state index contributed by atoms with van der Waals surface area (Å²) < 4.78 is 5.13. The van der Waals surface area contributed by atoms with Crippen molar-refractivity contribution in [3.63, 3.8) is 0 Å². The van der Waals surface area contributed by atoms with Gasteiger partial charge in [0, 0.05) is 10.6 Å². The molecule has 21 heavy (non-hydrogen) atoms. The van der Waals surface area contributed by atoms with Crippen LogP contribution in [0.1, 0.15) is 15.9 Å². The van der Waals surface area contributed by atoms with E-state index in [2.05, 4.69) is 0 Å². The monoisotopic (exact) mass is 297 g/mol. The summed E-state index contributed by atoms with van der Waals surface area (Å²) in [5, 5.41) is 9.08. The molecule has 0 bridgehead atoms. The largest absolute Gasteiger partial charge is 0.479 e. The van der Waals surface area contributed by atoms with Gasteiger partial charge in [-0.25, -0.2) is 0 Å². The molecule has 0 aliphatic heterocycles. The van der Waals surface area contributed by atoms with Crippen LogP contribution in [-0.4, -0.2) is 12.4 Å². The lowest BCUT2D eigenvalue weighted by atomic mass is 10.1. The van der Waals surface area contributed by atoms with Crippen molar-refractivity contribution in [2.75, 3.05) is 6.61 Å². The van der Waals surface area contributed by atoms with Crippen LogP contribution in [0.25, 0.3) is 6.08 Å². The van der Waals surface area contributed by atoms with Crippen molar-refractivity contribution in [2.24, 2.45) is 0 Å². The van der Waals surface area contributed by atoms with Gasteiger partial charge in [-0.3, -0.25) is 4.79 Å². The first-order chi connectivity index (χ1) is 10.2. The van der Waals surface area contributed by atoms with Crippen LogP contribution in [0.2, 0.25) is 5.02 Å². The van der Waals surface area contributed by atoms with Crippen LogP contribution in [0.15, 0.2) is 54.6 Å². The first-order valence-electron chi connectivity index (χ1n) is 6.27. The molecule has 0 N–H and O–H groups in total. The maximum absolute atomic E-state index is 12.0. The molecule has 0 aromatic heterocycles. The molecule has 0 saturated carbocycles. The Morgan fingerprint density at radius 1 is 1.14 bits per heavy atom. The van der Waals surface area contributed by atoms with E-state index in [-0.39, 0.29) is 12.4 Å². The van der Waals surface area contributed by atoms with E-state index in [1.165, 1.54) is 6.08 Å². The van der Waals surface area contributed by atoms with E-state index in [1.807, 2.05) is 18.2 Å². The van der Waals surface area contributed by atoms with Crippen LogP contribution in [0, 0.1) is 11.3 Å². The van der Waals surface area contributed by atoms with Crippen LogP contribution in [0.5, 0.6) is 5.75 Å². The Morgan fingerprint density at radius 2 is 1.81 bits per heavy atom. The number of nitrogens with zero attached hydrogens (tertiary/aromatic N) is 1. The van der Waals surface area contributed by atoms with Crippen molar-refractivity contribution in [2.45, 2.75) is 0 Å². The molecule has 0 amide bonds. The van der Waals surface area contributed by atoms with Gasteiger partial charge in [-0.2, -0.15) is 5.26 Å². The second kappa shape index (κ2) is 7.28. The summed E-state index contributed by atoms with van der Waals surface area (Å²) in [6, 6.07) is 15.8. The summed E-state index contributed by atoms with van der Waals surface area (Å²) in [5.74, 6) is 0.464. The molecule has 0 unspecified atom stereocenters. The highest BCUT2D eigenvalue weighted by molar-refractivity contribution is 6.30. The summed E-state index contributed by atoms with van der Waals surface area (Å²) >= 11 is 5.80. The summed E-state index contributed by atoms with van der Waals surface area (Å²) in [5.41, 5.74) is 1.46. The molecule has 104 valence electrons. The Balaban J connectivity index is 2.03. The van der Waals surface area contributed by atoms with Gasteiger partial charge in [-0.05, 0) is 48.0 Å². The minimum Gasteiger partial charge on any atom is -0.479 e. The van der Waals surface area contributed by atoms with Gasteiger partial charge in [0.05, 0.1) is 0 Å². The third-order valence-corrected chi connectivity index (χ3v) is 2.99. The Hall–Kier alpha value is -2.57. The molecule has 0 fully saturated rings. The number of benzene rings is 2. The zero-order valence-electron chi connectivity index (χ0n) is 11.1. The maximum atomic E-state index is 12.0. The highest BCUT2D eigenvalue weighted by Crippen LogP contribution is 2.14. The fourth-order valence-corrected chi connectivity index (χ4v) is 1.80. The Morgan fingerprint density at radius 3 is 2.43 bits per heavy atom. The minimum atomic E-state index is -0.100. The predicted octanol–water partition coefficient (Wildman–Crippen LogP) is 4.14. The highest BCUT2D eigenvalue weighted by Gasteiger charge is 2.02. The summed E-state index contributed by atoms with van der Waals surface area (Å²) in [6.45, 7) is -0.0102. The van der Waals surface area contributed by atoms with E-state index in [0.29, 0.717) is 16.3 Å². The van der Waals surface area contributed by atoms with Crippen molar-refractivity contribution in [1.82, 2.24) is 0 Å². The van der Waals surface area contributed by atoms with Gasteiger partial charge in [0.1, 0.15) is 11.8 Å². The van der Waals surface area contributed by atoms with Crippen molar-refractivity contribution in [1.29, 1.82) is 5.26 Å². The number of ketones is 1. The van der Waals surface area contributed by atoms with Crippen LogP contribution < -0.4 is 4.74 Å². The smallest absolute Gasteiger partial charge is 0.185 e. The molecule has 0 aliphatic rings. The molecule has 0 atom stereocenters. The van der Waals surface area contributed by atoms with Gasteiger partial charge in [-0.1, -0.05) is 29.8 Å². The van der Waals surface area contributed by atoms with E-state index >= 15 is 0 Å². The number of ether oxygens (including phenoxy) is 1. The van der Waals surface area contributed by atoms with Crippen LogP contribution in [0.3, 0.4) is 0 Å². The van der Waals surface area contributed by atoms with E-state index in [9.17, 15) is 4.79 Å². The van der Waals surface area contributed by atoms with E-state index in [4.69, 9.17) is 21.6 Å². The van der Waals surface area contributed by atoms with Crippen molar-refractivity contribution < 1.29 is 9.53 Å². The SMILES string of the molecule is N#CCOc1ccc(C(=O)/C=C\c2ccc(Cl)cc2)cc1.